The van der Waals surface area contributed by atoms with Crippen molar-refractivity contribution in [1.82, 2.24) is 14.7 Å². The number of ether oxygens (including phenoxy) is 1. The molecule has 5 rings (SSSR count). The number of hydrogen-bond acceptors (Lipinski definition) is 4. The first-order valence-electron chi connectivity index (χ1n) is 12.0. The van der Waals surface area contributed by atoms with Crippen LogP contribution < -0.4 is 10.1 Å². The number of nitrogens with zero attached hydrogens (tertiary/aromatic N) is 3. The fraction of sp³-hybridized carbons (Fsp3) is 0.286. The van der Waals surface area contributed by atoms with Gasteiger partial charge in [-0.2, -0.15) is 5.10 Å². The van der Waals surface area contributed by atoms with Gasteiger partial charge in [0.2, 0.25) is 5.91 Å². The van der Waals surface area contributed by atoms with Crippen LogP contribution in [-0.2, 0) is 17.8 Å². The van der Waals surface area contributed by atoms with Crippen LogP contribution in [-0.4, -0.2) is 40.2 Å². The quantitative estimate of drug-likeness (QED) is 0.382. The Balaban J connectivity index is 1.15. The van der Waals surface area contributed by atoms with E-state index >= 15 is 0 Å². The molecule has 1 fully saturated rings. The van der Waals surface area contributed by atoms with Crippen molar-refractivity contribution < 1.29 is 9.53 Å². The zero-order valence-electron chi connectivity index (χ0n) is 19.3. The van der Waals surface area contributed by atoms with Gasteiger partial charge in [-0.15, -0.1) is 0 Å². The summed E-state index contributed by atoms with van der Waals surface area (Å²) in [6.07, 6.45) is 6.33. The summed E-state index contributed by atoms with van der Waals surface area (Å²) >= 11 is 0. The first kappa shape index (κ1) is 22.2. The second-order valence-electron chi connectivity index (χ2n) is 8.85. The predicted molar refractivity (Wildman–Crippen MR) is 135 cm³/mol. The number of nitrogens with one attached hydrogen (secondary N) is 1. The molecule has 0 aliphatic carbocycles. The van der Waals surface area contributed by atoms with E-state index in [4.69, 9.17) is 4.74 Å². The molecule has 0 spiro atoms. The lowest BCUT2D eigenvalue weighted by atomic mass is 10.1. The van der Waals surface area contributed by atoms with Gasteiger partial charge in [-0.3, -0.25) is 9.48 Å². The molecule has 2 heterocycles. The molecule has 4 aromatic rings. The van der Waals surface area contributed by atoms with Gasteiger partial charge < -0.3 is 15.0 Å². The number of benzene rings is 3. The van der Waals surface area contributed by atoms with Gasteiger partial charge in [0.1, 0.15) is 11.5 Å². The van der Waals surface area contributed by atoms with Gasteiger partial charge in [0.15, 0.2) is 0 Å². The van der Waals surface area contributed by atoms with E-state index in [2.05, 4.69) is 21.5 Å². The SMILES string of the molecule is O=C(Cc1ccc(Oc2ccccc2)cc1)Nc1ccc2nn(CCN3CCCCC3)cc2c1. The highest BCUT2D eigenvalue weighted by Crippen LogP contribution is 2.22. The summed E-state index contributed by atoms with van der Waals surface area (Å²) in [6.45, 7) is 4.31. The van der Waals surface area contributed by atoms with Crippen LogP contribution in [0.25, 0.3) is 10.9 Å². The molecule has 3 aromatic carbocycles. The average Bonchev–Trinajstić information content (AvgIpc) is 3.27. The molecular weight excluding hydrogens is 424 g/mol. The summed E-state index contributed by atoms with van der Waals surface area (Å²) in [7, 11) is 0. The standard InChI is InChI=1S/C28H30N4O2/c33-28(19-22-9-12-26(13-10-22)34-25-7-3-1-4-8-25)29-24-11-14-27-23(20-24)21-32(30-27)18-17-31-15-5-2-6-16-31/h1,3-4,7-14,20-21H,2,5-6,15-19H2,(H,29,33). The first-order valence-corrected chi connectivity index (χ1v) is 12.0. The van der Waals surface area contributed by atoms with E-state index in [9.17, 15) is 4.79 Å². The Kier molecular flexibility index (Phi) is 6.86. The van der Waals surface area contributed by atoms with E-state index in [1.807, 2.05) is 77.5 Å². The zero-order valence-corrected chi connectivity index (χ0v) is 19.3. The van der Waals surface area contributed by atoms with Crippen molar-refractivity contribution in [3.05, 3.63) is 84.6 Å². The Labute approximate surface area is 200 Å². The highest BCUT2D eigenvalue weighted by Gasteiger charge is 2.11. The Morgan fingerprint density at radius 2 is 1.65 bits per heavy atom. The molecule has 0 saturated carbocycles. The van der Waals surface area contributed by atoms with Crippen molar-refractivity contribution in [3.63, 3.8) is 0 Å². The number of likely N-dealkylation sites (tertiary alicyclic amines) is 1. The van der Waals surface area contributed by atoms with Crippen LogP contribution in [0.5, 0.6) is 11.5 Å². The van der Waals surface area contributed by atoms with Crippen LogP contribution in [0.4, 0.5) is 5.69 Å². The Morgan fingerprint density at radius 3 is 2.44 bits per heavy atom. The Morgan fingerprint density at radius 1 is 0.882 bits per heavy atom. The summed E-state index contributed by atoms with van der Waals surface area (Å²) in [4.78, 5) is 15.1. The summed E-state index contributed by atoms with van der Waals surface area (Å²) in [5.41, 5.74) is 2.67. The molecular formula is C28H30N4O2. The van der Waals surface area contributed by atoms with Gasteiger partial charge in [0.25, 0.3) is 0 Å². The zero-order chi connectivity index (χ0) is 23.2. The molecule has 1 aliphatic rings. The summed E-state index contributed by atoms with van der Waals surface area (Å²) in [5.74, 6) is 1.49. The minimum atomic E-state index is -0.0476. The molecule has 6 heteroatoms. The molecule has 0 atom stereocenters. The maximum absolute atomic E-state index is 12.6. The van der Waals surface area contributed by atoms with Crippen LogP contribution in [0.15, 0.2) is 79.0 Å². The third-order valence-corrected chi connectivity index (χ3v) is 6.20. The molecule has 1 saturated heterocycles. The molecule has 6 nitrogen and oxygen atoms in total. The van der Waals surface area contributed by atoms with Gasteiger partial charge in [-0.05, 0) is 74.0 Å². The second-order valence-corrected chi connectivity index (χ2v) is 8.85. The number of carbonyl (C=O) groups is 1. The Bertz CT molecular complexity index is 1230. The van der Waals surface area contributed by atoms with E-state index in [0.29, 0.717) is 6.42 Å². The number of hydrogen-bond donors (Lipinski definition) is 1. The fourth-order valence-corrected chi connectivity index (χ4v) is 4.39. The maximum Gasteiger partial charge on any atom is 0.228 e. The van der Waals surface area contributed by atoms with Gasteiger partial charge in [-0.25, -0.2) is 0 Å². The summed E-state index contributed by atoms with van der Waals surface area (Å²) < 4.78 is 7.84. The second kappa shape index (κ2) is 10.5. The lowest BCUT2D eigenvalue weighted by molar-refractivity contribution is -0.115. The molecule has 1 aromatic heterocycles. The van der Waals surface area contributed by atoms with Gasteiger partial charge in [0.05, 0.1) is 18.5 Å². The molecule has 1 aliphatic heterocycles. The van der Waals surface area contributed by atoms with E-state index in [0.717, 1.165) is 46.7 Å². The highest BCUT2D eigenvalue weighted by molar-refractivity contribution is 5.94. The summed E-state index contributed by atoms with van der Waals surface area (Å²) in [5, 5.41) is 8.74. The molecule has 0 bridgehead atoms. The third kappa shape index (κ3) is 5.83. The van der Waals surface area contributed by atoms with Crippen LogP contribution in [0.2, 0.25) is 0 Å². The number of anilines is 1. The number of aromatic nitrogens is 2. The third-order valence-electron chi connectivity index (χ3n) is 6.20. The summed E-state index contributed by atoms with van der Waals surface area (Å²) in [6, 6.07) is 23.2. The van der Waals surface area contributed by atoms with Crippen molar-refractivity contribution >= 4 is 22.5 Å². The average molecular weight is 455 g/mol. The van der Waals surface area contributed by atoms with Crippen LogP contribution in [0, 0.1) is 0 Å². The van der Waals surface area contributed by atoms with E-state index in [1.54, 1.807) is 0 Å². The number of para-hydroxylation sites is 1. The molecule has 0 unspecified atom stereocenters. The van der Waals surface area contributed by atoms with Crippen molar-refractivity contribution in [2.24, 2.45) is 0 Å². The van der Waals surface area contributed by atoms with Crippen LogP contribution >= 0.6 is 0 Å². The van der Waals surface area contributed by atoms with E-state index < -0.39 is 0 Å². The molecule has 0 radical (unpaired) electrons. The molecule has 174 valence electrons. The molecule has 34 heavy (non-hydrogen) atoms. The van der Waals surface area contributed by atoms with Crippen LogP contribution in [0.1, 0.15) is 24.8 Å². The number of rotatable bonds is 8. The van der Waals surface area contributed by atoms with Crippen LogP contribution in [0.3, 0.4) is 0 Å². The topological polar surface area (TPSA) is 59.4 Å². The van der Waals surface area contributed by atoms with Gasteiger partial charge >= 0.3 is 0 Å². The smallest absolute Gasteiger partial charge is 0.228 e. The first-order chi connectivity index (χ1) is 16.7. The number of fused-ring (bicyclic) bond motifs is 1. The van der Waals surface area contributed by atoms with Crippen molar-refractivity contribution in [2.75, 3.05) is 25.0 Å². The highest BCUT2D eigenvalue weighted by atomic mass is 16.5. The Hall–Kier alpha value is -3.64. The minimum Gasteiger partial charge on any atom is -0.457 e. The minimum absolute atomic E-state index is 0.0476. The van der Waals surface area contributed by atoms with Gasteiger partial charge in [0, 0.05) is 23.8 Å². The lowest BCUT2D eigenvalue weighted by Gasteiger charge is -2.26. The van der Waals surface area contributed by atoms with Crippen molar-refractivity contribution in [1.29, 1.82) is 0 Å². The van der Waals surface area contributed by atoms with E-state index in [1.165, 1.54) is 32.4 Å². The molecule has 1 amide bonds. The van der Waals surface area contributed by atoms with Crippen molar-refractivity contribution in [3.8, 4) is 11.5 Å². The monoisotopic (exact) mass is 454 g/mol. The molecule has 1 N–H and O–H groups in total. The normalized spacial score (nSPS) is 14.2. The van der Waals surface area contributed by atoms with Crippen molar-refractivity contribution in [2.45, 2.75) is 32.2 Å². The predicted octanol–water partition coefficient (Wildman–Crippen LogP) is 5.50. The maximum atomic E-state index is 12.6. The van der Waals surface area contributed by atoms with Gasteiger partial charge in [-0.1, -0.05) is 36.8 Å². The number of piperidine rings is 1. The number of carbonyl (C=O) groups excluding carboxylic acids is 1. The lowest BCUT2D eigenvalue weighted by Crippen LogP contribution is -2.32. The fourth-order valence-electron chi connectivity index (χ4n) is 4.39. The largest absolute Gasteiger partial charge is 0.457 e. The van der Waals surface area contributed by atoms with E-state index in [-0.39, 0.29) is 5.91 Å². The number of amides is 1.